The van der Waals surface area contributed by atoms with E-state index in [0.717, 1.165) is 0 Å². The maximum Gasteiger partial charge on any atom is 0.322 e. The molecule has 1 N–H and O–H groups in total. The van der Waals surface area contributed by atoms with E-state index in [1.165, 1.54) is 12.3 Å². The van der Waals surface area contributed by atoms with Crippen LogP contribution >= 0.6 is 11.6 Å². The lowest BCUT2D eigenvalue weighted by Gasteiger charge is -1.96. The summed E-state index contributed by atoms with van der Waals surface area (Å²) in [5.74, 6) is -0.0963. The summed E-state index contributed by atoms with van der Waals surface area (Å²) in [5.41, 5.74) is 0.215. The number of aryl methyl sites for hydroxylation is 1. The standard InChI is InChI=1S/C8H6ClN3O3/c1-4-11-12-8(15-4)10-7(13)5-2-3-14-6(5)9/h2-3H,1H3,(H,10,12,13). The summed E-state index contributed by atoms with van der Waals surface area (Å²) in [4.78, 5) is 11.5. The summed E-state index contributed by atoms with van der Waals surface area (Å²) in [7, 11) is 0. The van der Waals surface area contributed by atoms with Crippen LogP contribution in [0.3, 0.4) is 0 Å². The number of nitrogens with one attached hydrogen (secondary N) is 1. The molecule has 1 amide bonds. The van der Waals surface area contributed by atoms with E-state index in [-0.39, 0.29) is 16.8 Å². The average molecular weight is 228 g/mol. The molecular weight excluding hydrogens is 222 g/mol. The third-order valence-electron chi connectivity index (χ3n) is 1.61. The van der Waals surface area contributed by atoms with Crippen LogP contribution in [0.2, 0.25) is 5.22 Å². The number of aromatic nitrogens is 2. The second kappa shape index (κ2) is 3.74. The second-order valence-electron chi connectivity index (χ2n) is 2.69. The highest BCUT2D eigenvalue weighted by Gasteiger charge is 2.15. The molecule has 0 spiro atoms. The molecule has 6 nitrogen and oxygen atoms in total. The molecule has 0 aliphatic carbocycles. The molecule has 78 valence electrons. The molecule has 0 fully saturated rings. The van der Waals surface area contributed by atoms with E-state index >= 15 is 0 Å². The highest BCUT2D eigenvalue weighted by atomic mass is 35.5. The van der Waals surface area contributed by atoms with Crippen molar-refractivity contribution >= 4 is 23.5 Å². The minimum atomic E-state index is -0.461. The van der Waals surface area contributed by atoms with Gasteiger partial charge in [0.2, 0.25) is 11.1 Å². The number of amides is 1. The third-order valence-corrected chi connectivity index (χ3v) is 1.90. The van der Waals surface area contributed by atoms with Crippen LogP contribution in [0.1, 0.15) is 16.2 Å². The first-order chi connectivity index (χ1) is 7.16. The Kier molecular flexibility index (Phi) is 2.42. The van der Waals surface area contributed by atoms with Gasteiger partial charge < -0.3 is 8.83 Å². The number of carbonyl (C=O) groups excluding carboxylic acids is 1. The number of rotatable bonds is 2. The Balaban J connectivity index is 2.14. The van der Waals surface area contributed by atoms with Gasteiger partial charge in [-0.1, -0.05) is 5.10 Å². The van der Waals surface area contributed by atoms with E-state index < -0.39 is 5.91 Å². The Morgan fingerprint density at radius 2 is 2.33 bits per heavy atom. The van der Waals surface area contributed by atoms with Gasteiger partial charge in [0.25, 0.3) is 5.91 Å². The van der Waals surface area contributed by atoms with Gasteiger partial charge in [0.05, 0.1) is 11.8 Å². The summed E-state index contributed by atoms with van der Waals surface area (Å²) in [6.07, 6.45) is 1.32. The molecule has 7 heteroatoms. The number of furan rings is 1. The molecule has 2 heterocycles. The lowest BCUT2D eigenvalue weighted by atomic mass is 10.3. The van der Waals surface area contributed by atoms with Gasteiger partial charge in [-0.15, -0.1) is 5.10 Å². The monoisotopic (exact) mass is 227 g/mol. The van der Waals surface area contributed by atoms with Crippen molar-refractivity contribution in [1.29, 1.82) is 0 Å². The minimum absolute atomic E-state index is 0.0173. The van der Waals surface area contributed by atoms with Crippen molar-refractivity contribution in [3.8, 4) is 0 Å². The molecule has 15 heavy (non-hydrogen) atoms. The number of carbonyl (C=O) groups is 1. The van der Waals surface area contributed by atoms with Crippen LogP contribution in [0.4, 0.5) is 6.01 Å². The zero-order valence-electron chi connectivity index (χ0n) is 7.65. The number of halogens is 1. The number of hydrogen-bond donors (Lipinski definition) is 1. The summed E-state index contributed by atoms with van der Waals surface area (Å²) >= 11 is 5.61. The Morgan fingerprint density at radius 3 is 2.87 bits per heavy atom. The van der Waals surface area contributed by atoms with E-state index in [1.807, 2.05) is 0 Å². The Morgan fingerprint density at radius 1 is 1.53 bits per heavy atom. The topological polar surface area (TPSA) is 81.2 Å². The van der Waals surface area contributed by atoms with Crippen molar-refractivity contribution in [3.05, 3.63) is 29.0 Å². The maximum absolute atomic E-state index is 11.5. The van der Waals surface area contributed by atoms with Crippen molar-refractivity contribution in [2.45, 2.75) is 6.92 Å². The lowest BCUT2D eigenvalue weighted by molar-refractivity contribution is 0.102. The van der Waals surface area contributed by atoms with Crippen LogP contribution in [-0.2, 0) is 0 Å². The molecule has 0 aromatic carbocycles. The molecule has 0 saturated carbocycles. The molecule has 0 bridgehead atoms. The largest absolute Gasteiger partial charge is 0.452 e. The highest BCUT2D eigenvalue weighted by Crippen LogP contribution is 2.17. The Hall–Kier alpha value is -1.82. The van der Waals surface area contributed by atoms with Gasteiger partial charge in [-0.2, -0.15) is 0 Å². The van der Waals surface area contributed by atoms with Gasteiger partial charge in [0.1, 0.15) is 0 Å². The summed E-state index contributed by atoms with van der Waals surface area (Å²) in [6.45, 7) is 1.62. The zero-order valence-corrected chi connectivity index (χ0v) is 8.41. The van der Waals surface area contributed by atoms with Crippen LogP contribution in [0.5, 0.6) is 0 Å². The first-order valence-electron chi connectivity index (χ1n) is 4.01. The first-order valence-corrected chi connectivity index (χ1v) is 4.39. The quantitative estimate of drug-likeness (QED) is 0.847. The molecule has 2 aromatic heterocycles. The van der Waals surface area contributed by atoms with E-state index in [2.05, 4.69) is 15.5 Å². The molecular formula is C8H6ClN3O3. The fourth-order valence-corrected chi connectivity index (χ4v) is 1.17. The van der Waals surface area contributed by atoms with Crippen LogP contribution in [0.25, 0.3) is 0 Å². The van der Waals surface area contributed by atoms with Crippen molar-refractivity contribution in [1.82, 2.24) is 10.2 Å². The lowest BCUT2D eigenvalue weighted by Crippen LogP contribution is -2.11. The Bertz CT molecular complexity index is 491. The molecule has 0 unspecified atom stereocenters. The number of hydrogen-bond acceptors (Lipinski definition) is 5. The summed E-state index contributed by atoms with van der Waals surface area (Å²) < 4.78 is 9.73. The molecule has 0 saturated heterocycles. The number of nitrogens with zero attached hydrogens (tertiary/aromatic N) is 2. The molecule has 0 aliphatic rings. The molecule has 0 radical (unpaired) electrons. The smallest absolute Gasteiger partial charge is 0.322 e. The van der Waals surface area contributed by atoms with Gasteiger partial charge in [-0.05, 0) is 17.7 Å². The normalized spacial score (nSPS) is 10.3. The number of anilines is 1. The van der Waals surface area contributed by atoms with Gasteiger partial charge in [-0.3, -0.25) is 10.1 Å². The van der Waals surface area contributed by atoms with E-state index in [4.69, 9.17) is 20.4 Å². The minimum Gasteiger partial charge on any atom is -0.452 e. The highest BCUT2D eigenvalue weighted by molar-refractivity contribution is 6.32. The Labute approximate surface area is 89.2 Å². The second-order valence-corrected chi connectivity index (χ2v) is 3.03. The average Bonchev–Trinajstić information content (AvgIpc) is 2.75. The van der Waals surface area contributed by atoms with Crippen molar-refractivity contribution in [2.24, 2.45) is 0 Å². The SMILES string of the molecule is Cc1nnc(NC(=O)c2ccoc2Cl)o1. The van der Waals surface area contributed by atoms with Gasteiger partial charge in [-0.25, -0.2) is 0 Å². The van der Waals surface area contributed by atoms with Crippen molar-refractivity contribution < 1.29 is 13.6 Å². The first kappa shape index (κ1) is 9.72. The van der Waals surface area contributed by atoms with Crippen LogP contribution in [-0.4, -0.2) is 16.1 Å². The fraction of sp³-hybridized carbons (Fsp3) is 0.125. The molecule has 2 aromatic rings. The van der Waals surface area contributed by atoms with E-state index in [9.17, 15) is 4.79 Å². The third kappa shape index (κ3) is 1.99. The van der Waals surface area contributed by atoms with Crippen LogP contribution in [0, 0.1) is 6.92 Å². The zero-order chi connectivity index (χ0) is 10.8. The van der Waals surface area contributed by atoms with Crippen molar-refractivity contribution in [2.75, 3.05) is 5.32 Å². The predicted molar refractivity (Wildman–Crippen MR) is 50.7 cm³/mol. The van der Waals surface area contributed by atoms with Crippen LogP contribution < -0.4 is 5.32 Å². The van der Waals surface area contributed by atoms with Gasteiger partial charge in [0.15, 0.2) is 0 Å². The van der Waals surface area contributed by atoms with Gasteiger partial charge >= 0.3 is 6.01 Å². The molecule has 0 atom stereocenters. The fourth-order valence-electron chi connectivity index (χ4n) is 0.967. The van der Waals surface area contributed by atoms with E-state index in [0.29, 0.717) is 5.89 Å². The predicted octanol–water partition coefficient (Wildman–Crippen LogP) is 1.88. The summed E-state index contributed by atoms with van der Waals surface area (Å²) in [6, 6.07) is 1.47. The van der Waals surface area contributed by atoms with E-state index in [1.54, 1.807) is 6.92 Å². The van der Waals surface area contributed by atoms with Crippen molar-refractivity contribution in [3.63, 3.8) is 0 Å². The molecule has 2 rings (SSSR count). The summed E-state index contributed by atoms with van der Waals surface area (Å²) in [5, 5.41) is 9.56. The molecule has 0 aliphatic heterocycles. The van der Waals surface area contributed by atoms with Crippen LogP contribution in [0.15, 0.2) is 21.2 Å². The maximum atomic E-state index is 11.5. The van der Waals surface area contributed by atoms with Gasteiger partial charge in [0, 0.05) is 6.92 Å².